The normalized spacial score (nSPS) is 14.6. The summed E-state index contributed by atoms with van der Waals surface area (Å²) in [4.78, 5) is 15.5. The molecule has 0 atom stereocenters. The van der Waals surface area contributed by atoms with E-state index in [4.69, 9.17) is 9.47 Å². The zero-order valence-electron chi connectivity index (χ0n) is 19.4. The van der Waals surface area contributed by atoms with E-state index in [1.54, 1.807) is 19.3 Å². The fourth-order valence-corrected chi connectivity index (χ4v) is 4.08. The van der Waals surface area contributed by atoms with Crippen molar-refractivity contribution in [3.63, 3.8) is 0 Å². The molecule has 0 spiro atoms. The lowest BCUT2D eigenvalue weighted by Crippen LogP contribution is -2.31. The summed E-state index contributed by atoms with van der Waals surface area (Å²) >= 11 is 0. The monoisotopic (exact) mass is 423 g/mol. The summed E-state index contributed by atoms with van der Waals surface area (Å²) in [5, 5.41) is 10.7. The van der Waals surface area contributed by atoms with Gasteiger partial charge in [-0.25, -0.2) is 0 Å². The number of hydrogen-bond donors (Lipinski definition) is 1. The number of allylic oxidation sites excluding steroid dienone is 1. The van der Waals surface area contributed by atoms with Crippen molar-refractivity contribution in [1.82, 2.24) is 4.90 Å². The van der Waals surface area contributed by atoms with Crippen molar-refractivity contribution in [2.75, 3.05) is 20.2 Å². The summed E-state index contributed by atoms with van der Waals surface area (Å²) in [6, 6.07) is 9.15. The van der Waals surface area contributed by atoms with E-state index in [0.29, 0.717) is 41.0 Å². The van der Waals surface area contributed by atoms with Crippen LogP contribution < -0.4 is 9.47 Å². The van der Waals surface area contributed by atoms with Crippen LogP contribution in [-0.4, -0.2) is 36.0 Å². The molecule has 166 valence electrons. The van der Waals surface area contributed by atoms with Gasteiger partial charge in [0.15, 0.2) is 5.76 Å². The number of nitrogens with zero attached hydrogens (tertiary/aromatic N) is 1. The largest absolute Gasteiger partial charge is 0.507 e. The molecular formula is C26H33NO4. The molecule has 2 aromatic carbocycles. The predicted octanol–water partition coefficient (Wildman–Crippen LogP) is 5.44. The first-order valence-electron chi connectivity index (χ1n) is 10.9. The summed E-state index contributed by atoms with van der Waals surface area (Å²) < 4.78 is 11.4. The number of phenolic OH excluding ortho intramolecular Hbond substituents is 1. The molecule has 31 heavy (non-hydrogen) atoms. The first-order chi connectivity index (χ1) is 14.7. The van der Waals surface area contributed by atoms with Gasteiger partial charge in [0, 0.05) is 19.6 Å². The highest BCUT2D eigenvalue weighted by Gasteiger charge is 2.33. The van der Waals surface area contributed by atoms with Gasteiger partial charge in [0.25, 0.3) is 0 Å². The van der Waals surface area contributed by atoms with Crippen molar-refractivity contribution in [3.05, 3.63) is 58.3 Å². The fraction of sp³-hybridized carbons (Fsp3) is 0.423. The summed E-state index contributed by atoms with van der Waals surface area (Å²) in [5.74, 6) is 2.45. The lowest BCUT2D eigenvalue weighted by Gasteiger charge is -2.27. The lowest BCUT2D eigenvalue weighted by molar-refractivity contribution is 0.101. The number of benzene rings is 2. The van der Waals surface area contributed by atoms with Crippen molar-refractivity contribution < 1.29 is 19.4 Å². The maximum atomic E-state index is 13.2. The highest BCUT2D eigenvalue weighted by atomic mass is 16.5. The third kappa shape index (κ3) is 5.28. The average Bonchev–Trinajstić information content (AvgIpc) is 3.00. The molecule has 3 rings (SSSR count). The van der Waals surface area contributed by atoms with Gasteiger partial charge in [-0.1, -0.05) is 39.8 Å². The van der Waals surface area contributed by atoms with Crippen molar-refractivity contribution in [2.45, 2.75) is 41.2 Å². The molecule has 0 bridgehead atoms. The quantitative estimate of drug-likeness (QED) is 0.573. The fourth-order valence-electron chi connectivity index (χ4n) is 4.08. The number of ketones is 1. The van der Waals surface area contributed by atoms with Gasteiger partial charge >= 0.3 is 0 Å². The highest BCUT2D eigenvalue weighted by Crippen LogP contribution is 2.42. The molecule has 0 unspecified atom stereocenters. The number of hydrogen-bond acceptors (Lipinski definition) is 5. The molecule has 5 nitrogen and oxygen atoms in total. The van der Waals surface area contributed by atoms with Crippen LogP contribution in [0.25, 0.3) is 6.08 Å². The smallest absolute Gasteiger partial charge is 0.232 e. The number of aromatic hydroxyl groups is 1. The lowest BCUT2D eigenvalue weighted by atomic mass is 9.98. The Labute approximate surface area is 185 Å². The number of rotatable bonds is 8. The molecule has 0 aromatic heterocycles. The number of carbonyl (C=O) groups excluding carboxylic acids is 1. The third-order valence-corrected chi connectivity index (χ3v) is 5.24. The second-order valence-electron chi connectivity index (χ2n) is 9.09. The minimum absolute atomic E-state index is 0.157. The van der Waals surface area contributed by atoms with Crippen LogP contribution in [0.2, 0.25) is 0 Å². The minimum atomic E-state index is -0.157. The van der Waals surface area contributed by atoms with Crippen LogP contribution in [0.15, 0.2) is 36.1 Å². The summed E-state index contributed by atoms with van der Waals surface area (Å²) in [6.07, 6.45) is 1.73. The number of ether oxygens (including phenoxy) is 2. The molecular weight excluding hydrogens is 390 g/mol. The molecule has 2 aromatic rings. The van der Waals surface area contributed by atoms with Gasteiger partial charge in [0.05, 0.1) is 18.2 Å². The van der Waals surface area contributed by atoms with E-state index in [9.17, 15) is 9.90 Å². The molecule has 1 N–H and O–H groups in total. The van der Waals surface area contributed by atoms with Crippen molar-refractivity contribution in [1.29, 1.82) is 0 Å². The molecule has 0 saturated carbocycles. The van der Waals surface area contributed by atoms with Crippen LogP contribution in [0.5, 0.6) is 17.2 Å². The van der Waals surface area contributed by atoms with Crippen LogP contribution in [0.1, 0.15) is 54.7 Å². The van der Waals surface area contributed by atoms with E-state index in [1.165, 1.54) is 0 Å². The van der Waals surface area contributed by atoms with Crippen LogP contribution in [0, 0.1) is 18.8 Å². The van der Waals surface area contributed by atoms with Gasteiger partial charge in [-0.3, -0.25) is 9.69 Å². The first kappa shape index (κ1) is 22.9. The summed E-state index contributed by atoms with van der Waals surface area (Å²) in [7, 11) is 1.61. The van der Waals surface area contributed by atoms with Crippen LogP contribution in [0.4, 0.5) is 0 Å². The van der Waals surface area contributed by atoms with E-state index in [-0.39, 0.29) is 17.3 Å². The molecule has 1 aliphatic rings. The number of carbonyl (C=O) groups is 1. The van der Waals surface area contributed by atoms with Gasteiger partial charge in [-0.2, -0.15) is 0 Å². The topological polar surface area (TPSA) is 59.0 Å². The van der Waals surface area contributed by atoms with Crippen molar-refractivity contribution in [2.24, 2.45) is 11.8 Å². The first-order valence-corrected chi connectivity index (χ1v) is 10.9. The molecule has 0 aliphatic carbocycles. The maximum absolute atomic E-state index is 13.2. The van der Waals surface area contributed by atoms with Gasteiger partial charge in [-0.05, 0) is 54.2 Å². The van der Waals surface area contributed by atoms with E-state index >= 15 is 0 Å². The Morgan fingerprint density at radius 1 is 1.13 bits per heavy atom. The second kappa shape index (κ2) is 9.56. The van der Waals surface area contributed by atoms with Crippen LogP contribution in [-0.2, 0) is 6.54 Å². The van der Waals surface area contributed by atoms with Gasteiger partial charge in [0.2, 0.25) is 5.78 Å². The van der Waals surface area contributed by atoms with Crippen molar-refractivity contribution in [3.8, 4) is 17.2 Å². The average molecular weight is 424 g/mol. The Hall–Kier alpha value is -2.79. The van der Waals surface area contributed by atoms with Gasteiger partial charge in [-0.15, -0.1) is 0 Å². The standard InChI is InChI=1S/C26H33NO4/c1-16(2)13-27(14-17(3)4)15-21-22(28)10-18(5)24-25(29)23(31-26(21)24)12-19-8-7-9-20(11-19)30-6/h7-12,16-17,28H,13-15H2,1-6H3/b23-12+. The number of methoxy groups -OCH3 is 1. The number of phenols is 1. The molecule has 0 saturated heterocycles. The van der Waals surface area contributed by atoms with Crippen LogP contribution in [0.3, 0.4) is 0 Å². The van der Waals surface area contributed by atoms with Crippen LogP contribution >= 0.6 is 0 Å². The predicted molar refractivity (Wildman–Crippen MR) is 124 cm³/mol. The Morgan fingerprint density at radius 2 is 1.81 bits per heavy atom. The van der Waals surface area contributed by atoms with Gasteiger partial charge < -0.3 is 14.6 Å². The maximum Gasteiger partial charge on any atom is 0.232 e. The molecule has 1 heterocycles. The van der Waals surface area contributed by atoms with E-state index in [1.807, 2.05) is 31.2 Å². The molecule has 1 aliphatic heterocycles. The number of fused-ring (bicyclic) bond motifs is 1. The molecule has 0 amide bonds. The third-order valence-electron chi connectivity index (χ3n) is 5.24. The van der Waals surface area contributed by atoms with E-state index in [0.717, 1.165) is 24.2 Å². The molecule has 5 heteroatoms. The van der Waals surface area contributed by atoms with Crippen molar-refractivity contribution >= 4 is 11.9 Å². The van der Waals surface area contributed by atoms with Gasteiger partial charge in [0.1, 0.15) is 17.2 Å². The zero-order chi connectivity index (χ0) is 22.7. The Balaban J connectivity index is 1.98. The second-order valence-corrected chi connectivity index (χ2v) is 9.09. The molecule has 0 fully saturated rings. The number of aryl methyl sites for hydroxylation is 1. The highest BCUT2D eigenvalue weighted by molar-refractivity contribution is 6.15. The zero-order valence-corrected chi connectivity index (χ0v) is 19.4. The number of Topliss-reactive ketones (excluding diaryl/α,β-unsaturated/α-hetero) is 1. The molecule has 0 radical (unpaired) electrons. The Bertz CT molecular complexity index is 981. The van der Waals surface area contributed by atoms with E-state index < -0.39 is 0 Å². The Morgan fingerprint density at radius 3 is 2.42 bits per heavy atom. The minimum Gasteiger partial charge on any atom is -0.507 e. The summed E-state index contributed by atoms with van der Waals surface area (Å²) in [6.45, 7) is 12.9. The SMILES string of the molecule is COc1cccc(/C=C2/Oc3c(CN(CC(C)C)CC(C)C)c(O)cc(C)c3C2=O)c1. The van der Waals surface area contributed by atoms with E-state index in [2.05, 4.69) is 32.6 Å². The summed E-state index contributed by atoms with van der Waals surface area (Å²) in [5.41, 5.74) is 2.75. The Kier molecular flexibility index (Phi) is 7.06.